The van der Waals surface area contributed by atoms with E-state index in [1.54, 1.807) is 6.92 Å². The van der Waals surface area contributed by atoms with Crippen molar-refractivity contribution in [2.24, 2.45) is 5.73 Å². The zero-order valence-electron chi connectivity index (χ0n) is 17.5. The van der Waals surface area contributed by atoms with Crippen LogP contribution in [-0.2, 0) is 25.6 Å². The van der Waals surface area contributed by atoms with E-state index in [9.17, 15) is 19.2 Å². The highest BCUT2D eigenvalue weighted by Gasteiger charge is 2.21. The fourth-order valence-electron chi connectivity index (χ4n) is 2.72. The Bertz CT molecular complexity index is 681. The van der Waals surface area contributed by atoms with Gasteiger partial charge in [0.2, 0.25) is 23.6 Å². The van der Waals surface area contributed by atoms with Gasteiger partial charge in [-0.05, 0) is 31.9 Å². The summed E-state index contributed by atoms with van der Waals surface area (Å²) in [6.45, 7) is 2.36. The minimum atomic E-state index is -0.745. The van der Waals surface area contributed by atoms with E-state index < -0.39 is 17.9 Å². The molecule has 9 nitrogen and oxygen atoms in total. The summed E-state index contributed by atoms with van der Waals surface area (Å²) in [6.07, 6.45) is 3.13. The Morgan fingerprint density at radius 2 is 1.53 bits per heavy atom. The van der Waals surface area contributed by atoms with E-state index in [0.29, 0.717) is 25.9 Å². The Morgan fingerprint density at radius 3 is 2.20 bits per heavy atom. The molecule has 0 aliphatic carbocycles. The largest absolute Gasteiger partial charge is 0.355 e. The molecular weight excluding hydrogens is 386 g/mol. The van der Waals surface area contributed by atoms with Gasteiger partial charge in [0.15, 0.2) is 0 Å². The van der Waals surface area contributed by atoms with Crippen LogP contribution in [0.3, 0.4) is 0 Å². The Morgan fingerprint density at radius 1 is 0.867 bits per heavy atom. The van der Waals surface area contributed by atoms with Crippen molar-refractivity contribution in [3.8, 4) is 0 Å². The summed E-state index contributed by atoms with van der Waals surface area (Å²) in [6, 6.07) is 8.59. The van der Waals surface area contributed by atoms with Crippen LogP contribution in [0.15, 0.2) is 30.3 Å². The number of carbonyl (C=O) groups excluding carboxylic acids is 4. The molecule has 1 aromatic carbocycles. The third-order valence-electron chi connectivity index (χ3n) is 4.29. The topological polar surface area (TPSA) is 142 Å². The molecule has 0 radical (unpaired) electrons. The van der Waals surface area contributed by atoms with E-state index >= 15 is 0 Å². The predicted octanol–water partition coefficient (Wildman–Crippen LogP) is -0.398. The molecule has 0 saturated carbocycles. The predicted molar refractivity (Wildman–Crippen MR) is 114 cm³/mol. The van der Waals surface area contributed by atoms with Crippen molar-refractivity contribution >= 4 is 23.6 Å². The molecule has 0 fully saturated rings. The van der Waals surface area contributed by atoms with Gasteiger partial charge in [0.05, 0.1) is 13.1 Å². The molecule has 9 heteroatoms. The average molecular weight is 420 g/mol. The third kappa shape index (κ3) is 11.2. The van der Waals surface area contributed by atoms with Crippen molar-refractivity contribution in [2.45, 2.75) is 45.1 Å². The number of rotatable bonds is 14. The lowest BCUT2D eigenvalue weighted by Crippen LogP contribution is -2.51. The lowest BCUT2D eigenvalue weighted by atomic mass is 10.1. The molecular formula is C21H33N5O4. The second-order valence-corrected chi connectivity index (χ2v) is 6.86. The highest BCUT2D eigenvalue weighted by Crippen LogP contribution is 2.03. The molecule has 0 spiro atoms. The van der Waals surface area contributed by atoms with Crippen LogP contribution in [0.5, 0.6) is 0 Å². The number of unbranched alkanes of at least 4 members (excludes halogenated alkanes) is 2. The monoisotopic (exact) mass is 419 g/mol. The molecule has 0 saturated heterocycles. The normalized spacial score (nSPS) is 11.3. The molecule has 1 unspecified atom stereocenters. The number of likely N-dealkylation sites (N-methyl/N-ethyl adjacent to an activating group) is 1. The molecule has 1 atom stereocenters. The third-order valence-corrected chi connectivity index (χ3v) is 4.29. The summed E-state index contributed by atoms with van der Waals surface area (Å²) in [7, 11) is 0. The van der Waals surface area contributed by atoms with E-state index in [0.717, 1.165) is 24.8 Å². The zero-order chi connectivity index (χ0) is 22.2. The minimum absolute atomic E-state index is 0.202. The molecule has 1 rings (SSSR count). The zero-order valence-corrected chi connectivity index (χ0v) is 17.5. The van der Waals surface area contributed by atoms with Crippen molar-refractivity contribution in [1.82, 2.24) is 21.3 Å². The molecule has 0 aromatic heterocycles. The second-order valence-electron chi connectivity index (χ2n) is 6.86. The van der Waals surface area contributed by atoms with Crippen LogP contribution in [-0.4, -0.2) is 55.8 Å². The maximum Gasteiger partial charge on any atom is 0.242 e. The fourth-order valence-corrected chi connectivity index (χ4v) is 2.72. The first-order valence-corrected chi connectivity index (χ1v) is 10.3. The van der Waals surface area contributed by atoms with Gasteiger partial charge in [-0.1, -0.05) is 36.8 Å². The molecule has 4 amide bonds. The summed E-state index contributed by atoms with van der Waals surface area (Å²) in [5.41, 5.74) is 6.30. The maximum atomic E-state index is 12.3. The van der Waals surface area contributed by atoms with Crippen LogP contribution in [0, 0.1) is 0 Å². The molecule has 166 valence electrons. The van der Waals surface area contributed by atoms with Gasteiger partial charge in [0.1, 0.15) is 6.04 Å². The maximum absolute atomic E-state index is 12.3. The van der Waals surface area contributed by atoms with E-state index in [2.05, 4.69) is 21.3 Å². The number of amides is 4. The Labute approximate surface area is 177 Å². The van der Waals surface area contributed by atoms with Gasteiger partial charge in [-0.2, -0.15) is 0 Å². The average Bonchev–Trinajstić information content (AvgIpc) is 2.74. The first-order valence-electron chi connectivity index (χ1n) is 10.3. The van der Waals surface area contributed by atoms with Crippen LogP contribution < -0.4 is 27.0 Å². The van der Waals surface area contributed by atoms with Crippen molar-refractivity contribution in [1.29, 1.82) is 0 Å². The number of benzene rings is 1. The molecule has 0 bridgehead atoms. The van der Waals surface area contributed by atoms with Crippen LogP contribution in [0.2, 0.25) is 0 Å². The summed E-state index contributed by atoms with van der Waals surface area (Å²) in [5, 5.41) is 10.3. The number of nitrogens with one attached hydrogen (secondary N) is 4. The molecule has 1 aromatic rings. The van der Waals surface area contributed by atoms with Crippen molar-refractivity contribution in [3.63, 3.8) is 0 Å². The highest BCUT2D eigenvalue weighted by atomic mass is 16.2. The summed E-state index contributed by atoms with van der Waals surface area (Å²) in [4.78, 5) is 48.0. The SMILES string of the molecule is CCNC(=O)C(Cc1ccccc1)NC(=O)CNC(=O)CNC(=O)CCCCCN. The van der Waals surface area contributed by atoms with Gasteiger partial charge < -0.3 is 27.0 Å². The quantitative estimate of drug-likeness (QED) is 0.261. The summed E-state index contributed by atoms with van der Waals surface area (Å²) < 4.78 is 0. The molecule has 30 heavy (non-hydrogen) atoms. The van der Waals surface area contributed by atoms with Crippen LogP contribution in [0.1, 0.15) is 38.2 Å². The number of hydrogen-bond acceptors (Lipinski definition) is 5. The van der Waals surface area contributed by atoms with Gasteiger partial charge in [-0.25, -0.2) is 0 Å². The lowest BCUT2D eigenvalue weighted by Gasteiger charge is -2.18. The first-order chi connectivity index (χ1) is 14.5. The standard InChI is InChI=1S/C21H33N5O4/c1-2-23-21(30)17(13-16-9-5-3-6-10-16)26-20(29)15-25-19(28)14-24-18(27)11-7-4-8-12-22/h3,5-6,9-10,17H,2,4,7-8,11-15,22H2,1H3,(H,23,30)(H,24,27)(H,25,28)(H,26,29). The van der Waals surface area contributed by atoms with E-state index in [1.165, 1.54) is 0 Å². The van der Waals surface area contributed by atoms with Crippen molar-refractivity contribution in [2.75, 3.05) is 26.2 Å². The Hall–Kier alpha value is -2.94. The van der Waals surface area contributed by atoms with Crippen LogP contribution in [0.4, 0.5) is 0 Å². The molecule has 6 N–H and O–H groups in total. The van der Waals surface area contributed by atoms with Crippen LogP contribution >= 0.6 is 0 Å². The van der Waals surface area contributed by atoms with Crippen molar-refractivity contribution in [3.05, 3.63) is 35.9 Å². The Balaban J connectivity index is 2.39. The highest BCUT2D eigenvalue weighted by molar-refractivity contribution is 5.91. The summed E-state index contributed by atoms with van der Waals surface area (Å²) in [5.74, 6) is -1.46. The lowest BCUT2D eigenvalue weighted by molar-refractivity contribution is -0.130. The van der Waals surface area contributed by atoms with Gasteiger partial charge in [-0.3, -0.25) is 19.2 Å². The smallest absolute Gasteiger partial charge is 0.242 e. The van der Waals surface area contributed by atoms with Gasteiger partial charge >= 0.3 is 0 Å². The van der Waals surface area contributed by atoms with E-state index in [-0.39, 0.29) is 24.9 Å². The molecule has 0 aliphatic rings. The Kier molecular flexibility index (Phi) is 12.5. The van der Waals surface area contributed by atoms with Gasteiger partial charge in [0.25, 0.3) is 0 Å². The van der Waals surface area contributed by atoms with E-state index in [1.807, 2.05) is 30.3 Å². The van der Waals surface area contributed by atoms with Gasteiger partial charge in [0, 0.05) is 19.4 Å². The second kappa shape index (κ2) is 15.0. The number of carbonyl (C=O) groups is 4. The molecule has 0 heterocycles. The minimum Gasteiger partial charge on any atom is -0.355 e. The number of hydrogen-bond donors (Lipinski definition) is 5. The van der Waals surface area contributed by atoms with Crippen molar-refractivity contribution < 1.29 is 19.2 Å². The molecule has 0 aliphatic heterocycles. The van der Waals surface area contributed by atoms with Gasteiger partial charge in [-0.15, -0.1) is 0 Å². The number of nitrogens with two attached hydrogens (primary N) is 1. The van der Waals surface area contributed by atoms with Crippen LogP contribution in [0.25, 0.3) is 0 Å². The summed E-state index contributed by atoms with van der Waals surface area (Å²) >= 11 is 0. The van der Waals surface area contributed by atoms with E-state index in [4.69, 9.17) is 5.73 Å². The fraction of sp³-hybridized carbons (Fsp3) is 0.524. The first kappa shape index (κ1) is 25.1.